The fourth-order valence-corrected chi connectivity index (χ4v) is 3.85. The number of H-pyrrole nitrogens is 1. The molecule has 0 amide bonds. The van der Waals surface area contributed by atoms with Gasteiger partial charge in [0.1, 0.15) is 5.82 Å². The highest BCUT2D eigenvalue weighted by Crippen LogP contribution is 2.28. The van der Waals surface area contributed by atoms with Crippen molar-refractivity contribution in [1.82, 2.24) is 29.9 Å². The SMILES string of the molecule is Cc1cc2[nH]c(-c3cnc4ccccc4c3)nc2cc1Nc1nccc(-c2cccnc2)n1. The number of hydrogen-bond acceptors (Lipinski definition) is 6. The van der Waals surface area contributed by atoms with Crippen LogP contribution in [0.15, 0.2) is 85.5 Å². The lowest BCUT2D eigenvalue weighted by Crippen LogP contribution is -1.99. The van der Waals surface area contributed by atoms with Crippen LogP contribution in [0.2, 0.25) is 0 Å². The Morgan fingerprint density at radius 2 is 1.73 bits per heavy atom. The van der Waals surface area contributed by atoms with Crippen molar-refractivity contribution in [3.63, 3.8) is 0 Å². The van der Waals surface area contributed by atoms with Crippen LogP contribution in [0.5, 0.6) is 0 Å². The Hall–Kier alpha value is -4.65. The minimum atomic E-state index is 0.522. The van der Waals surface area contributed by atoms with Crippen LogP contribution in [0.3, 0.4) is 0 Å². The minimum Gasteiger partial charge on any atom is -0.338 e. The highest BCUT2D eigenvalue weighted by molar-refractivity contribution is 5.87. The van der Waals surface area contributed by atoms with E-state index in [0.717, 1.165) is 55.8 Å². The molecule has 0 saturated heterocycles. The minimum absolute atomic E-state index is 0.522. The first-order valence-corrected chi connectivity index (χ1v) is 10.6. The number of imidazole rings is 1. The Bertz CT molecular complexity index is 1610. The van der Waals surface area contributed by atoms with Crippen LogP contribution in [0.4, 0.5) is 11.6 Å². The predicted molar refractivity (Wildman–Crippen MR) is 130 cm³/mol. The van der Waals surface area contributed by atoms with Gasteiger partial charge in [0.05, 0.1) is 22.2 Å². The standard InChI is InChI=1S/C26H19N7/c1-16-11-23-24(31-25(30-23)19-12-17-5-2-3-7-20(17)29-15-19)13-22(16)33-26-28-10-8-21(32-26)18-6-4-9-27-14-18/h2-15H,1H3,(H,30,31)(H,28,32,33). The van der Waals surface area contributed by atoms with Crippen LogP contribution in [0, 0.1) is 6.92 Å². The Labute approximate surface area is 189 Å². The molecule has 2 N–H and O–H groups in total. The first-order chi connectivity index (χ1) is 16.2. The number of pyridine rings is 2. The molecule has 0 aliphatic carbocycles. The Kier molecular flexibility index (Phi) is 4.51. The van der Waals surface area contributed by atoms with Gasteiger partial charge in [-0.3, -0.25) is 9.97 Å². The van der Waals surface area contributed by atoms with E-state index in [0.29, 0.717) is 5.95 Å². The lowest BCUT2D eigenvalue weighted by Gasteiger charge is -2.09. The second-order valence-electron chi connectivity index (χ2n) is 7.82. The highest BCUT2D eigenvalue weighted by Gasteiger charge is 2.11. The molecule has 2 aromatic carbocycles. The number of aryl methyl sites for hydroxylation is 1. The van der Waals surface area contributed by atoms with E-state index in [9.17, 15) is 0 Å². The summed E-state index contributed by atoms with van der Waals surface area (Å²) in [5, 5.41) is 4.42. The smallest absolute Gasteiger partial charge is 0.227 e. The van der Waals surface area contributed by atoms with Crippen LogP contribution >= 0.6 is 0 Å². The molecule has 6 rings (SSSR count). The van der Waals surface area contributed by atoms with Crippen LogP contribution in [0.25, 0.3) is 44.6 Å². The summed E-state index contributed by atoms with van der Waals surface area (Å²) in [7, 11) is 0. The molecular weight excluding hydrogens is 410 g/mol. The van der Waals surface area contributed by atoms with Crippen molar-refractivity contribution in [2.75, 3.05) is 5.32 Å². The molecule has 7 heteroatoms. The van der Waals surface area contributed by atoms with Gasteiger partial charge in [-0.1, -0.05) is 18.2 Å². The topological polar surface area (TPSA) is 92.3 Å². The van der Waals surface area contributed by atoms with Crippen molar-refractivity contribution in [3.8, 4) is 22.6 Å². The van der Waals surface area contributed by atoms with E-state index < -0.39 is 0 Å². The van der Waals surface area contributed by atoms with Crippen molar-refractivity contribution < 1.29 is 0 Å². The Morgan fingerprint density at radius 3 is 2.64 bits per heavy atom. The average Bonchev–Trinajstić information content (AvgIpc) is 3.27. The monoisotopic (exact) mass is 429 g/mol. The average molecular weight is 429 g/mol. The molecule has 0 radical (unpaired) electrons. The summed E-state index contributed by atoms with van der Waals surface area (Å²) in [5.41, 5.74) is 7.45. The van der Waals surface area contributed by atoms with Gasteiger partial charge >= 0.3 is 0 Å². The van der Waals surface area contributed by atoms with Crippen molar-refractivity contribution in [3.05, 3.63) is 91.0 Å². The molecule has 0 aliphatic rings. The van der Waals surface area contributed by atoms with E-state index >= 15 is 0 Å². The lowest BCUT2D eigenvalue weighted by molar-refractivity contribution is 1.16. The van der Waals surface area contributed by atoms with E-state index in [1.54, 1.807) is 18.6 Å². The zero-order valence-electron chi connectivity index (χ0n) is 17.8. The van der Waals surface area contributed by atoms with Gasteiger partial charge in [0, 0.05) is 47.0 Å². The first-order valence-electron chi connectivity index (χ1n) is 10.6. The summed E-state index contributed by atoms with van der Waals surface area (Å²) < 4.78 is 0. The molecule has 0 unspecified atom stereocenters. The number of nitrogens with zero attached hydrogens (tertiary/aromatic N) is 5. The van der Waals surface area contributed by atoms with Gasteiger partial charge < -0.3 is 10.3 Å². The largest absolute Gasteiger partial charge is 0.338 e. The number of rotatable bonds is 4. The number of benzene rings is 2. The molecule has 0 fully saturated rings. The summed E-state index contributed by atoms with van der Waals surface area (Å²) >= 11 is 0. The number of para-hydroxylation sites is 1. The van der Waals surface area contributed by atoms with Crippen molar-refractivity contribution in [2.45, 2.75) is 6.92 Å². The third-order valence-electron chi connectivity index (χ3n) is 5.55. The van der Waals surface area contributed by atoms with Crippen molar-refractivity contribution in [1.29, 1.82) is 0 Å². The van der Waals surface area contributed by atoms with Gasteiger partial charge in [-0.2, -0.15) is 0 Å². The molecule has 0 aliphatic heterocycles. The third-order valence-corrected chi connectivity index (χ3v) is 5.55. The van der Waals surface area contributed by atoms with Gasteiger partial charge in [-0.15, -0.1) is 0 Å². The summed E-state index contributed by atoms with van der Waals surface area (Å²) in [6.07, 6.45) is 7.12. The van der Waals surface area contributed by atoms with Crippen LogP contribution in [-0.2, 0) is 0 Å². The lowest BCUT2D eigenvalue weighted by atomic mass is 10.1. The van der Waals surface area contributed by atoms with Gasteiger partial charge in [-0.05, 0) is 55.0 Å². The second kappa shape index (κ2) is 7.80. The molecule has 4 aromatic heterocycles. The number of aromatic amines is 1. The summed E-state index contributed by atoms with van der Waals surface area (Å²) in [6, 6.07) is 20.0. The second-order valence-corrected chi connectivity index (χ2v) is 7.82. The van der Waals surface area contributed by atoms with E-state index in [1.807, 2.05) is 55.6 Å². The van der Waals surface area contributed by atoms with Crippen molar-refractivity contribution >= 4 is 33.6 Å². The Morgan fingerprint density at radius 1 is 0.788 bits per heavy atom. The molecule has 158 valence electrons. The van der Waals surface area contributed by atoms with Gasteiger partial charge in [0.2, 0.25) is 5.95 Å². The number of aromatic nitrogens is 6. The number of hydrogen-bond donors (Lipinski definition) is 2. The van der Waals surface area contributed by atoms with E-state index in [1.165, 1.54) is 0 Å². The number of fused-ring (bicyclic) bond motifs is 2. The third kappa shape index (κ3) is 3.65. The number of anilines is 2. The molecule has 0 saturated carbocycles. The van der Waals surface area contributed by atoms with E-state index in [-0.39, 0.29) is 0 Å². The van der Waals surface area contributed by atoms with Gasteiger partial charge in [0.25, 0.3) is 0 Å². The van der Waals surface area contributed by atoms with Crippen LogP contribution in [-0.4, -0.2) is 29.9 Å². The summed E-state index contributed by atoms with van der Waals surface area (Å²) in [5.74, 6) is 1.31. The van der Waals surface area contributed by atoms with E-state index in [4.69, 9.17) is 4.98 Å². The molecule has 33 heavy (non-hydrogen) atoms. The molecular formula is C26H19N7. The summed E-state index contributed by atoms with van der Waals surface area (Å²) in [4.78, 5) is 26.0. The normalized spacial score (nSPS) is 11.2. The molecule has 7 nitrogen and oxygen atoms in total. The van der Waals surface area contributed by atoms with Crippen LogP contribution in [0.1, 0.15) is 5.56 Å². The zero-order chi connectivity index (χ0) is 22.2. The fourth-order valence-electron chi connectivity index (χ4n) is 3.85. The predicted octanol–water partition coefficient (Wildman–Crippen LogP) is 5.68. The maximum Gasteiger partial charge on any atom is 0.227 e. The van der Waals surface area contributed by atoms with Crippen molar-refractivity contribution in [2.24, 2.45) is 0 Å². The highest BCUT2D eigenvalue weighted by atomic mass is 15.1. The zero-order valence-corrected chi connectivity index (χ0v) is 17.8. The quantitative estimate of drug-likeness (QED) is 0.374. The molecule has 0 spiro atoms. The molecule has 0 atom stereocenters. The maximum absolute atomic E-state index is 4.81. The van der Waals surface area contributed by atoms with Crippen LogP contribution < -0.4 is 5.32 Å². The maximum atomic E-state index is 4.81. The van der Waals surface area contributed by atoms with E-state index in [2.05, 4.69) is 48.4 Å². The van der Waals surface area contributed by atoms with Gasteiger partial charge in [-0.25, -0.2) is 15.0 Å². The van der Waals surface area contributed by atoms with Gasteiger partial charge in [0.15, 0.2) is 0 Å². The first kappa shape index (κ1) is 19.1. The Balaban J connectivity index is 1.34. The number of nitrogens with one attached hydrogen (secondary N) is 2. The fraction of sp³-hybridized carbons (Fsp3) is 0.0385. The molecule has 4 heterocycles. The molecule has 0 bridgehead atoms. The molecule has 6 aromatic rings. The summed E-state index contributed by atoms with van der Waals surface area (Å²) in [6.45, 7) is 2.05.